The molecule has 1 N–H and O–H groups in total. The molecular formula is C15H16N4O2S. The summed E-state index contributed by atoms with van der Waals surface area (Å²) in [6.07, 6.45) is 1.75. The summed E-state index contributed by atoms with van der Waals surface area (Å²) in [6.45, 7) is 5.84. The number of rotatable bonds is 4. The lowest BCUT2D eigenvalue weighted by molar-refractivity contribution is 0.102. The van der Waals surface area contributed by atoms with Crippen molar-refractivity contribution in [3.63, 3.8) is 0 Å². The molecule has 1 aromatic carbocycles. The number of anilines is 1. The number of imidazole rings is 1. The first-order chi connectivity index (χ1) is 10.5. The van der Waals surface area contributed by atoms with Crippen LogP contribution in [0.1, 0.15) is 29.3 Å². The van der Waals surface area contributed by atoms with Crippen LogP contribution in [-0.2, 0) is 0 Å². The second-order valence-corrected chi connectivity index (χ2v) is 6.28. The SMILES string of the molecule is Cc1nn2cc(C(=O)Nc3ccc(OC(C)C)cc3)nc2s1. The van der Waals surface area contributed by atoms with Gasteiger partial charge in [-0.2, -0.15) is 5.10 Å². The second-order valence-electron chi connectivity index (χ2n) is 5.12. The summed E-state index contributed by atoms with van der Waals surface area (Å²) in [5.74, 6) is 0.517. The zero-order valence-corrected chi connectivity index (χ0v) is 13.3. The van der Waals surface area contributed by atoms with E-state index in [9.17, 15) is 4.79 Å². The van der Waals surface area contributed by atoms with E-state index in [0.29, 0.717) is 16.3 Å². The van der Waals surface area contributed by atoms with Gasteiger partial charge < -0.3 is 10.1 Å². The molecule has 6 nitrogen and oxygen atoms in total. The molecule has 114 valence electrons. The van der Waals surface area contributed by atoms with Gasteiger partial charge >= 0.3 is 0 Å². The summed E-state index contributed by atoms with van der Waals surface area (Å²) in [5.41, 5.74) is 1.04. The van der Waals surface area contributed by atoms with Gasteiger partial charge in [-0.05, 0) is 45.0 Å². The van der Waals surface area contributed by atoms with Crippen LogP contribution in [0.5, 0.6) is 5.75 Å². The summed E-state index contributed by atoms with van der Waals surface area (Å²) in [5, 5.41) is 7.96. The lowest BCUT2D eigenvalue weighted by Crippen LogP contribution is -2.12. The van der Waals surface area contributed by atoms with E-state index in [-0.39, 0.29) is 12.0 Å². The summed E-state index contributed by atoms with van der Waals surface area (Å²) < 4.78 is 7.18. The maximum atomic E-state index is 12.2. The molecule has 7 heteroatoms. The number of aromatic nitrogens is 3. The first kappa shape index (κ1) is 14.5. The maximum absolute atomic E-state index is 12.2. The number of fused-ring (bicyclic) bond motifs is 1. The Morgan fingerprint density at radius 3 is 2.68 bits per heavy atom. The molecule has 0 radical (unpaired) electrons. The quantitative estimate of drug-likeness (QED) is 0.803. The number of nitrogens with one attached hydrogen (secondary N) is 1. The number of nitrogens with zero attached hydrogens (tertiary/aromatic N) is 3. The molecule has 0 bridgehead atoms. The van der Waals surface area contributed by atoms with Crippen LogP contribution in [0.3, 0.4) is 0 Å². The highest BCUT2D eigenvalue weighted by molar-refractivity contribution is 7.16. The summed E-state index contributed by atoms with van der Waals surface area (Å²) >= 11 is 1.45. The van der Waals surface area contributed by atoms with Gasteiger partial charge in [0.05, 0.1) is 12.3 Å². The van der Waals surface area contributed by atoms with Gasteiger partial charge in [0.15, 0.2) is 0 Å². The van der Waals surface area contributed by atoms with Crippen molar-refractivity contribution in [3.05, 3.63) is 41.2 Å². The molecule has 2 heterocycles. The van der Waals surface area contributed by atoms with Gasteiger partial charge in [0.2, 0.25) is 4.96 Å². The monoisotopic (exact) mass is 316 g/mol. The minimum atomic E-state index is -0.257. The van der Waals surface area contributed by atoms with Crippen molar-refractivity contribution in [2.45, 2.75) is 26.9 Å². The van der Waals surface area contributed by atoms with E-state index < -0.39 is 0 Å². The van der Waals surface area contributed by atoms with Crippen LogP contribution in [-0.4, -0.2) is 26.6 Å². The molecule has 0 aliphatic heterocycles. The van der Waals surface area contributed by atoms with E-state index in [2.05, 4.69) is 15.4 Å². The van der Waals surface area contributed by atoms with E-state index in [1.165, 1.54) is 11.3 Å². The summed E-state index contributed by atoms with van der Waals surface area (Å²) in [7, 11) is 0. The minimum Gasteiger partial charge on any atom is -0.491 e. The Labute approximate surface area is 131 Å². The van der Waals surface area contributed by atoms with Gasteiger partial charge in [-0.15, -0.1) is 0 Å². The molecule has 0 saturated carbocycles. The van der Waals surface area contributed by atoms with Crippen LogP contribution in [0.25, 0.3) is 4.96 Å². The Balaban J connectivity index is 1.71. The van der Waals surface area contributed by atoms with Crippen molar-refractivity contribution in [2.75, 3.05) is 5.32 Å². The number of amides is 1. The van der Waals surface area contributed by atoms with Crippen LogP contribution in [0, 0.1) is 6.92 Å². The first-order valence-corrected chi connectivity index (χ1v) is 7.74. The Hall–Kier alpha value is -2.41. The van der Waals surface area contributed by atoms with Crippen LogP contribution in [0.2, 0.25) is 0 Å². The average molecular weight is 316 g/mol. The molecule has 3 aromatic rings. The molecule has 3 rings (SSSR count). The van der Waals surface area contributed by atoms with Gasteiger partial charge in [-0.25, -0.2) is 9.50 Å². The van der Waals surface area contributed by atoms with Crippen LogP contribution in [0.4, 0.5) is 5.69 Å². The highest BCUT2D eigenvalue weighted by Crippen LogP contribution is 2.18. The number of carbonyl (C=O) groups excluding carboxylic acids is 1. The van der Waals surface area contributed by atoms with Gasteiger partial charge in [0.25, 0.3) is 5.91 Å². The molecule has 0 atom stereocenters. The third kappa shape index (κ3) is 3.09. The molecule has 0 unspecified atom stereocenters. The lowest BCUT2D eigenvalue weighted by atomic mass is 10.3. The number of hydrogen-bond acceptors (Lipinski definition) is 5. The summed E-state index contributed by atoms with van der Waals surface area (Å²) in [6, 6.07) is 7.26. The van der Waals surface area contributed by atoms with Gasteiger partial charge in [0, 0.05) is 5.69 Å². The third-order valence-corrected chi connectivity index (χ3v) is 3.70. The molecule has 22 heavy (non-hydrogen) atoms. The molecule has 0 spiro atoms. The predicted molar refractivity (Wildman–Crippen MR) is 85.8 cm³/mol. The molecule has 0 saturated heterocycles. The molecule has 0 fully saturated rings. The van der Waals surface area contributed by atoms with Crippen molar-refractivity contribution in [1.82, 2.24) is 14.6 Å². The standard InChI is InChI=1S/C15H16N4O2S/c1-9(2)21-12-6-4-11(5-7-12)16-14(20)13-8-19-15(17-13)22-10(3)18-19/h4-9H,1-3H3,(H,16,20). The Morgan fingerprint density at radius 1 is 1.32 bits per heavy atom. The second kappa shape index (κ2) is 5.76. The average Bonchev–Trinajstić information content (AvgIpc) is 2.97. The largest absolute Gasteiger partial charge is 0.491 e. The van der Waals surface area contributed by atoms with Crippen molar-refractivity contribution in [3.8, 4) is 5.75 Å². The fourth-order valence-corrected chi connectivity index (χ4v) is 2.72. The van der Waals surface area contributed by atoms with E-state index >= 15 is 0 Å². The van der Waals surface area contributed by atoms with Crippen molar-refractivity contribution in [2.24, 2.45) is 0 Å². The molecular weight excluding hydrogens is 300 g/mol. The zero-order chi connectivity index (χ0) is 15.7. The highest BCUT2D eigenvalue weighted by Gasteiger charge is 2.13. The van der Waals surface area contributed by atoms with Crippen molar-refractivity contribution < 1.29 is 9.53 Å². The number of benzene rings is 1. The fraction of sp³-hybridized carbons (Fsp3) is 0.267. The van der Waals surface area contributed by atoms with Crippen LogP contribution in [0.15, 0.2) is 30.5 Å². The Bertz CT molecular complexity index is 773. The minimum absolute atomic E-state index is 0.120. The van der Waals surface area contributed by atoms with E-state index in [1.807, 2.05) is 32.9 Å². The van der Waals surface area contributed by atoms with Gasteiger partial charge in [-0.1, -0.05) is 11.3 Å². The molecule has 2 aromatic heterocycles. The van der Waals surface area contributed by atoms with Gasteiger partial charge in [0.1, 0.15) is 16.5 Å². The Morgan fingerprint density at radius 2 is 2.05 bits per heavy atom. The smallest absolute Gasteiger partial charge is 0.275 e. The van der Waals surface area contributed by atoms with Crippen LogP contribution >= 0.6 is 11.3 Å². The van der Waals surface area contributed by atoms with E-state index in [4.69, 9.17) is 4.74 Å². The topological polar surface area (TPSA) is 68.5 Å². The predicted octanol–water partition coefficient (Wildman–Crippen LogP) is 3.14. The lowest BCUT2D eigenvalue weighted by Gasteiger charge is -2.10. The third-order valence-electron chi connectivity index (χ3n) is 2.86. The van der Waals surface area contributed by atoms with E-state index in [0.717, 1.165) is 10.8 Å². The first-order valence-electron chi connectivity index (χ1n) is 6.92. The fourth-order valence-electron chi connectivity index (χ4n) is 1.99. The summed E-state index contributed by atoms with van der Waals surface area (Å²) in [4.78, 5) is 17.2. The van der Waals surface area contributed by atoms with Gasteiger partial charge in [-0.3, -0.25) is 4.79 Å². The number of aryl methyl sites for hydroxylation is 1. The number of hydrogen-bond donors (Lipinski definition) is 1. The number of carbonyl (C=O) groups is 1. The van der Waals surface area contributed by atoms with Crippen LogP contribution < -0.4 is 10.1 Å². The van der Waals surface area contributed by atoms with Crippen molar-refractivity contribution >= 4 is 27.9 Å². The number of ether oxygens (including phenoxy) is 1. The Kier molecular flexibility index (Phi) is 3.81. The molecule has 0 aliphatic carbocycles. The van der Waals surface area contributed by atoms with Crippen molar-refractivity contribution in [1.29, 1.82) is 0 Å². The normalized spacial score (nSPS) is 11.1. The highest BCUT2D eigenvalue weighted by atomic mass is 32.1. The molecule has 1 amide bonds. The zero-order valence-electron chi connectivity index (χ0n) is 12.5. The maximum Gasteiger partial charge on any atom is 0.275 e. The van der Waals surface area contributed by atoms with E-state index in [1.54, 1.807) is 22.8 Å². The molecule has 0 aliphatic rings.